The van der Waals surface area contributed by atoms with Gasteiger partial charge in [-0.25, -0.2) is 0 Å². The summed E-state index contributed by atoms with van der Waals surface area (Å²) < 4.78 is 13.6. The van der Waals surface area contributed by atoms with Gasteiger partial charge in [0, 0.05) is 35.9 Å². The van der Waals surface area contributed by atoms with Crippen molar-refractivity contribution in [2.45, 2.75) is 32.5 Å². The van der Waals surface area contributed by atoms with E-state index in [4.69, 9.17) is 21.7 Å². The summed E-state index contributed by atoms with van der Waals surface area (Å²) in [6.07, 6.45) is 1.83. The van der Waals surface area contributed by atoms with Gasteiger partial charge in [-0.15, -0.1) is 0 Å². The third-order valence-corrected chi connectivity index (χ3v) is 7.16. The van der Waals surface area contributed by atoms with Gasteiger partial charge in [-0.1, -0.05) is 36.4 Å². The first-order valence-electron chi connectivity index (χ1n) is 11.7. The average Bonchev–Trinajstić information content (AvgIpc) is 3.56. The highest BCUT2D eigenvalue weighted by Gasteiger charge is 2.42. The lowest BCUT2D eigenvalue weighted by Gasteiger charge is -2.28. The molecule has 2 aromatic heterocycles. The molecule has 0 bridgehead atoms. The molecule has 35 heavy (non-hydrogen) atoms. The van der Waals surface area contributed by atoms with Gasteiger partial charge in [-0.3, -0.25) is 4.98 Å². The van der Waals surface area contributed by atoms with E-state index in [1.165, 1.54) is 22.5 Å². The number of benzene rings is 2. The van der Waals surface area contributed by atoms with Gasteiger partial charge < -0.3 is 24.3 Å². The normalized spacial score (nSPS) is 18.7. The first kappa shape index (κ1) is 21.7. The summed E-state index contributed by atoms with van der Waals surface area (Å²) in [5.74, 6) is 1.49. The Morgan fingerprint density at radius 1 is 0.971 bits per heavy atom. The maximum absolute atomic E-state index is 5.90. The zero-order valence-corrected chi connectivity index (χ0v) is 20.5. The second-order valence-corrected chi connectivity index (χ2v) is 9.32. The van der Waals surface area contributed by atoms with Crippen LogP contribution in [0.15, 0.2) is 79.0 Å². The molecule has 7 heteroatoms. The minimum atomic E-state index is -0.0974. The van der Waals surface area contributed by atoms with Crippen molar-refractivity contribution in [3.63, 3.8) is 0 Å². The lowest BCUT2D eigenvalue weighted by Crippen LogP contribution is -2.29. The van der Waals surface area contributed by atoms with Crippen molar-refractivity contribution in [3.05, 3.63) is 107 Å². The summed E-state index contributed by atoms with van der Waals surface area (Å²) in [4.78, 5) is 6.87. The van der Waals surface area contributed by atoms with E-state index in [9.17, 15) is 0 Å². The number of aromatic nitrogens is 2. The van der Waals surface area contributed by atoms with Crippen LogP contribution in [0.25, 0.3) is 0 Å². The Morgan fingerprint density at radius 2 is 1.77 bits per heavy atom. The number of pyridine rings is 1. The average molecular weight is 483 g/mol. The van der Waals surface area contributed by atoms with E-state index in [1.807, 2.05) is 36.5 Å². The highest BCUT2D eigenvalue weighted by molar-refractivity contribution is 7.80. The molecule has 2 aliphatic rings. The van der Waals surface area contributed by atoms with Crippen molar-refractivity contribution in [2.24, 2.45) is 0 Å². The van der Waals surface area contributed by atoms with Crippen LogP contribution in [0.2, 0.25) is 0 Å². The Morgan fingerprint density at radius 3 is 2.57 bits per heavy atom. The van der Waals surface area contributed by atoms with Crippen molar-refractivity contribution in [1.29, 1.82) is 0 Å². The lowest BCUT2D eigenvalue weighted by molar-refractivity contribution is 0.174. The number of hydrogen-bond donors (Lipinski definition) is 1. The van der Waals surface area contributed by atoms with E-state index < -0.39 is 0 Å². The molecule has 2 atom stereocenters. The SMILES string of the molecule is Cc1cc([C@@H]2[C@@H](c3ccccn3)NC(=S)N2c2ccc3c(c2)OCO3)c(C)n1Cc1ccccc1. The zero-order chi connectivity index (χ0) is 23.9. The number of hydrogen-bond acceptors (Lipinski definition) is 4. The van der Waals surface area contributed by atoms with Crippen LogP contribution in [0, 0.1) is 13.8 Å². The highest BCUT2D eigenvalue weighted by Crippen LogP contribution is 2.45. The Hall–Kier alpha value is -3.84. The molecule has 0 saturated carbocycles. The number of anilines is 1. The standard InChI is InChI=1S/C28H26N4O2S/c1-18-14-22(19(2)31(18)16-20-8-4-3-5-9-20)27-26(23-10-6-7-13-29-23)30-28(35)32(27)21-11-12-24-25(15-21)34-17-33-24/h3-15,26-27H,16-17H2,1-2H3,(H,30,35)/t26-,27-/m1/s1. The summed E-state index contributed by atoms with van der Waals surface area (Å²) in [5, 5.41) is 4.22. The molecule has 0 aliphatic carbocycles. The van der Waals surface area contributed by atoms with Crippen molar-refractivity contribution < 1.29 is 9.47 Å². The molecule has 0 spiro atoms. The van der Waals surface area contributed by atoms with Gasteiger partial charge in [-0.05, 0) is 67.5 Å². The van der Waals surface area contributed by atoms with Gasteiger partial charge in [0.2, 0.25) is 6.79 Å². The number of nitrogens with zero attached hydrogens (tertiary/aromatic N) is 3. The van der Waals surface area contributed by atoms with Crippen LogP contribution in [0.3, 0.4) is 0 Å². The highest BCUT2D eigenvalue weighted by atomic mass is 32.1. The van der Waals surface area contributed by atoms with E-state index >= 15 is 0 Å². The smallest absolute Gasteiger partial charge is 0.231 e. The van der Waals surface area contributed by atoms with Crippen LogP contribution in [-0.2, 0) is 6.54 Å². The van der Waals surface area contributed by atoms with Gasteiger partial charge in [0.05, 0.1) is 17.8 Å². The van der Waals surface area contributed by atoms with Crippen LogP contribution in [0.1, 0.15) is 40.3 Å². The number of aryl methyl sites for hydroxylation is 1. The first-order chi connectivity index (χ1) is 17.1. The first-order valence-corrected chi connectivity index (χ1v) is 12.1. The maximum Gasteiger partial charge on any atom is 0.231 e. The second kappa shape index (κ2) is 8.74. The molecule has 1 N–H and O–H groups in total. The summed E-state index contributed by atoms with van der Waals surface area (Å²) in [5.41, 5.74) is 6.84. The summed E-state index contributed by atoms with van der Waals surface area (Å²) in [7, 11) is 0. The van der Waals surface area contributed by atoms with E-state index in [1.54, 1.807) is 0 Å². The monoisotopic (exact) mass is 482 g/mol. The molecule has 0 amide bonds. The minimum Gasteiger partial charge on any atom is -0.454 e. The molecule has 1 fully saturated rings. The third-order valence-electron chi connectivity index (χ3n) is 6.85. The van der Waals surface area contributed by atoms with Crippen molar-refractivity contribution in [2.75, 3.05) is 11.7 Å². The Kier molecular flexibility index (Phi) is 5.41. The van der Waals surface area contributed by atoms with Gasteiger partial charge in [0.15, 0.2) is 16.6 Å². The number of nitrogens with one attached hydrogen (secondary N) is 1. The predicted molar refractivity (Wildman–Crippen MR) is 140 cm³/mol. The fraction of sp³-hybridized carbons (Fsp3) is 0.214. The molecule has 4 aromatic rings. The summed E-state index contributed by atoms with van der Waals surface area (Å²) >= 11 is 5.90. The molecular formula is C28H26N4O2S. The number of rotatable bonds is 5. The fourth-order valence-electron chi connectivity index (χ4n) is 5.12. The van der Waals surface area contributed by atoms with E-state index in [2.05, 4.69) is 76.1 Å². The maximum atomic E-state index is 5.90. The number of thiocarbonyl (C=S) groups is 1. The number of ether oxygens (including phenoxy) is 2. The molecule has 4 heterocycles. The molecule has 0 radical (unpaired) electrons. The van der Waals surface area contributed by atoms with Gasteiger partial charge in [0.25, 0.3) is 0 Å². The molecule has 176 valence electrons. The molecule has 0 unspecified atom stereocenters. The predicted octanol–water partition coefficient (Wildman–Crippen LogP) is 5.45. The van der Waals surface area contributed by atoms with Crippen molar-refractivity contribution in [3.8, 4) is 11.5 Å². The van der Waals surface area contributed by atoms with E-state index in [0.29, 0.717) is 5.11 Å². The summed E-state index contributed by atoms with van der Waals surface area (Å²) in [6, 6.07) is 24.7. The van der Waals surface area contributed by atoms with Crippen LogP contribution in [0.5, 0.6) is 11.5 Å². The minimum absolute atomic E-state index is 0.0755. The van der Waals surface area contributed by atoms with Crippen molar-refractivity contribution in [1.82, 2.24) is 14.9 Å². The van der Waals surface area contributed by atoms with Gasteiger partial charge in [0.1, 0.15) is 0 Å². The fourth-order valence-corrected chi connectivity index (χ4v) is 5.47. The molecule has 6 nitrogen and oxygen atoms in total. The molecular weight excluding hydrogens is 456 g/mol. The molecule has 6 rings (SSSR count). The Balaban J connectivity index is 1.46. The van der Waals surface area contributed by atoms with E-state index in [-0.39, 0.29) is 18.9 Å². The van der Waals surface area contributed by atoms with Crippen LogP contribution in [0.4, 0.5) is 5.69 Å². The lowest BCUT2D eigenvalue weighted by atomic mass is 9.96. The largest absolute Gasteiger partial charge is 0.454 e. The molecule has 1 saturated heterocycles. The summed E-state index contributed by atoms with van der Waals surface area (Å²) in [6.45, 7) is 5.42. The van der Waals surface area contributed by atoms with Crippen LogP contribution >= 0.6 is 12.2 Å². The Bertz CT molecular complexity index is 1390. The molecule has 2 aliphatic heterocycles. The topological polar surface area (TPSA) is 51.6 Å². The van der Waals surface area contributed by atoms with Crippen LogP contribution < -0.4 is 19.7 Å². The third kappa shape index (κ3) is 3.82. The van der Waals surface area contributed by atoms with Crippen molar-refractivity contribution >= 4 is 23.0 Å². The van der Waals surface area contributed by atoms with Gasteiger partial charge in [-0.2, -0.15) is 0 Å². The molecule has 2 aromatic carbocycles. The zero-order valence-electron chi connectivity index (χ0n) is 19.6. The quantitative estimate of drug-likeness (QED) is 0.382. The number of fused-ring (bicyclic) bond motifs is 1. The van der Waals surface area contributed by atoms with E-state index in [0.717, 1.165) is 29.4 Å². The Labute approximate surface area is 210 Å². The van der Waals surface area contributed by atoms with Gasteiger partial charge >= 0.3 is 0 Å². The second-order valence-electron chi connectivity index (χ2n) is 8.93. The van der Waals surface area contributed by atoms with Crippen LogP contribution in [-0.4, -0.2) is 21.5 Å².